The van der Waals surface area contributed by atoms with Crippen LogP contribution in [0.2, 0.25) is 0 Å². The maximum Gasteiger partial charge on any atom is 4.00 e. The molecule has 0 amide bonds. The third kappa shape index (κ3) is 19.0. The quantitative estimate of drug-likeness (QED) is 0.396. The van der Waals surface area contributed by atoms with E-state index in [2.05, 4.69) is 0 Å². The number of alkyl halides is 3. The van der Waals surface area contributed by atoms with Crippen molar-refractivity contribution in [2.75, 3.05) is 0 Å². The molecule has 2 aliphatic rings. The Kier molecular flexibility index (Phi) is 20.2. The topological polar surface area (TPSA) is 88.5 Å². The fourth-order valence-corrected chi connectivity index (χ4v) is 1.50. The summed E-state index contributed by atoms with van der Waals surface area (Å²) in [5.74, 6) is -0.403. The summed E-state index contributed by atoms with van der Waals surface area (Å²) in [6.07, 6.45) is 20.6. The molecule has 0 heterocycles. The third-order valence-electron chi connectivity index (χ3n) is 2.79. The Morgan fingerprint density at radius 3 is 1.04 bits per heavy atom. The van der Waals surface area contributed by atoms with Gasteiger partial charge >= 0.3 is 34.2 Å². The molecule has 2 aliphatic carbocycles. The molecule has 0 aliphatic heterocycles. The molecule has 5 nitrogen and oxygen atoms in total. The molecule has 0 unspecified atom stereocenters. The van der Waals surface area contributed by atoms with Crippen LogP contribution in [0.4, 0.5) is 13.2 Å². The van der Waals surface area contributed by atoms with E-state index < -0.39 is 15.6 Å². The van der Waals surface area contributed by atoms with Gasteiger partial charge in [-0.25, -0.2) is 0 Å². The molecule has 0 aromatic carbocycles. The van der Waals surface area contributed by atoms with Gasteiger partial charge in [0.1, 0.15) is 11.6 Å². The summed E-state index contributed by atoms with van der Waals surface area (Å²) < 4.78 is 57.5. The molecule has 28 heavy (non-hydrogen) atoms. The van der Waals surface area contributed by atoms with Crippen molar-refractivity contribution < 1.29 is 54.3 Å². The van der Waals surface area contributed by atoms with Crippen molar-refractivity contribution in [3.05, 3.63) is 64.2 Å². The summed E-state index contributed by atoms with van der Waals surface area (Å²) in [5.41, 5.74) is -5.53. The Hall–Kier alpha value is -0.376. The molecule has 153 valence electrons. The summed E-state index contributed by atoms with van der Waals surface area (Å²) in [6.45, 7) is 4.75. The van der Waals surface area contributed by atoms with Crippen molar-refractivity contribution in [2.24, 2.45) is 5.92 Å². The molecule has 0 spiro atoms. The van der Waals surface area contributed by atoms with Crippen LogP contribution in [0.25, 0.3) is 0 Å². The average molecular weight is 459 g/mol. The van der Waals surface area contributed by atoms with E-state index in [1.54, 1.807) is 0 Å². The molecule has 2 rings (SSSR count). The molecule has 0 bridgehead atoms. The monoisotopic (exact) mass is 459 g/mol. The largest absolute Gasteiger partial charge is 4.00 e. The van der Waals surface area contributed by atoms with Gasteiger partial charge in [0, 0.05) is 0 Å². The van der Waals surface area contributed by atoms with Crippen LogP contribution in [0.1, 0.15) is 27.2 Å². The van der Waals surface area contributed by atoms with Gasteiger partial charge in [-0.15, -0.1) is 0 Å². The van der Waals surface area contributed by atoms with E-state index in [0.29, 0.717) is 6.42 Å². The molecule has 0 atom stereocenters. The zero-order valence-corrected chi connectivity index (χ0v) is 17.8. The minimum atomic E-state index is -5.84. The van der Waals surface area contributed by atoms with E-state index in [-0.39, 0.29) is 36.0 Å². The zero-order valence-electron chi connectivity index (χ0n) is 15.6. The Morgan fingerprint density at radius 2 is 1.00 bits per heavy atom. The molecule has 2 saturated carbocycles. The van der Waals surface area contributed by atoms with E-state index in [4.69, 9.17) is 13.0 Å². The molecule has 1 N–H and O–H groups in total. The van der Waals surface area contributed by atoms with Crippen molar-refractivity contribution in [2.45, 2.75) is 32.7 Å². The van der Waals surface area contributed by atoms with Crippen molar-refractivity contribution in [3.63, 3.8) is 0 Å². The number of ketones is 2. The van der Waals surface area contributed by atoms with Crippen LogP contribution in [0.3, 0.4) is 0 Å². The number of rotatable bonds is 3. The molecular weight excluding hydrogens is 436 g/mol. The van der Waals surface area contributed by atoms with Crippen LogP contribution < -0.4 is 0 Å². The predicted octanol–water partition coefficient (Wildman–Crippen LogP) is 3.63. The first-order valence-corrected chi connectivity index (χ1v) is 9.16. The van der Waals surface area contributed by atoms with Gasteiger partial charge in [-0.3, -0.25) is 14.1 Å². The Balaban J connectivity index is -0.000000301. The van der Waals surface area contributed by atoms with Crippen LogP contribution in [0.5, 0.6) is 0 Å². The Bertz CT molecular complexity index is 475. The summed E-state index contributed by atoms with van der Waals surface area (Å²) in [7, 11) is -5.84. The predicted molar refractivity (Wildman–Crippen MR) is 95.7 cm³/mol. The SMILES string of the molecule is CCC(C(C)=O)C(C)=O.O=S(=O)(O)C(F)(F)F.[CH]1[CH][CH][CH][CH]1.[CH]1[CH][CH][CH][CH]1.[V+4]. The van der Waals surface area contributed by atoms with Gasteiger partial charge in [-0.2, -0.15) is 21.6 Å². The normalized spacial score (nSPS) is 15.7. The average Bonchev–Trinajstić information content (AvgIpc) is 3.25. The number of halogens is 3. The number of hydrogen-bond acceptors (Lipinski definition) is 4. The van der Waals surface area contributed by atoms with E-state index in [0.717, 1.165) is 0 Å². The van der Waals surface area contributed by atoms with Crippen LogP contribution >= 0.6 is 0 Å². The molecular formula is C18H23F3O5SV+4. The molecule has 11 radical (unpaired) electrons. The van der Waals surface area contributed by atoms with Crippen LogP contribution in [0.15, 0.2) is 0 Å². The Labute approximate surface area is 178 Å². The van der Waals surface area contributed by atoms with Crippen molar-refractivity contribution in [1.82, 2.24) is 0 Å². The second kappa shape index (κ2) is 17.5. The maximum absolute atomic E-state index is 10.7. The van der Waals surface area contributed by atoms with Gasteiger partial charge in [-0.05, 0) is 84.5 Å². The molecule has 0 aromatic rings. The second-order valence-corrected chi connectivity index (χ2v) is 6.44. The molecule has 0 aromatic heterocycles. The first-order valence-electron chi connectivity index (χ1n) is 7.72. The van der Waals surface area contributed by atoms with Gasteiger partial charge in [0.2, 0.25) is 0 Å². The molecule has 0 saturated heterocycles. The number of carbonyl (C=O) groups is 2. The summed E-state index contributed by atoms with van der Waals surface area (Å²) in [6, 6.07) is 0. The van der Waals surface area contributed by atoms with Gasteiger partial charge in [0.05, 0.1) is 5.92 Å². The van der Waals surface area contributed by atoms with Gasteiger partial charge in [-0.1, -0.05) is 6.92 Å². The minimum Gasteiger partial charge on any atom is -0.299 e. The standard InChI is InChI=1S/C7H12O2.2C5H5.CHF3O3S.V/c1-4-7(5(2)8)6(3)9;2*1-2-4-5-3-1;2-1(3,4)8(5,6)7;/h7H,4H2,1-3H3;2*1-5H;(H,5,6,7);/q;;;;+4. The van der Waals surface area contributed by atoms with Gasteiger partial charge in [0.15, 0.2) is 0 Å². The number of hydrogen-bond donors (Lipinski definition) is 1. The van der Waals surface area contributed by atoms with Crippen molar-refractivity contribution >= 4 is 21.7 Å². The summed E-state index contributed by atoms with van der Waals surface area (Å²) >= 11 is 0. The van der Waals surface area contributed by atoms with E-state index >= 15 is 0 Å². The van der Waals surface area contributed by atoms with E-state index in [9.17, 15) is 22.8 Å². The van der Waals surface area contributed by atoms with Crippen LogP contribution in [-0.4, -0.2) is 30.0 Å². The second-order valence-electron chi connectivity index (χ2n) is 5.03. The van der Waals surface area contributed by atoms with Crippen LogP contribution in [0, 0.1) is 70.1 Å². The van der Waals surface area contributed by atoms with Gasteiger partial charge < -0.3 is 0 Å². The number of Topliss-reactive ketones (excluding diaryl/α,β-unsaturated/α-hetero) is 2. The first-order chi connectivity index (χ1) is 12.3. The first kappa shape index (κ1) is 32.3. The summed E-state index contributed by atoms with van der Waals surface area (Å²) in [5, 5.41) is 0. The zero-order chi connectivity index (χ0) is 21.5. The molecule has 10 heteroatoms. The molecule has 2 fully saturated rings. The summed E-state index contributed by atoms with van der Waals surface area (Å²) in [4.78, 5) is 21.2. The minimum absolute atomic E-state index is 0. The maximum atomic E-state index is 10.7. The van der Waals surface area contributed by atoms with Crippen molar-refractivity contribution in [1.29, 1.82) is 0 Å². The fourth-order valence-electron chi connectivity index (χ4n) is 1.50. The van der Waals surface area contributed by atoms with Gasteiger partial charge in [0.25, 0.3) is 0 Å². The third-order valence-corrected chi connectivity index (χ3v) is 3.38. The van der Waals surface area contributed by atoms with E-state index in [1.165, 1.54) is 13.8 Å². The van der Waals surface area contributed by atoms with E-state index in [1.807, 2.05) is 71.1 Å². The smallest absolute Gasteiger partial charge is 0.299 e. The Morgan fingerprint density at radius 1 is 0.821 bits per heavy atom. The van der Waals surface area contributed by atoms with Crippen molar-refractivity contribution in [3.8, 4) is 0 Å². The number of carbonyl (C=O) groups excluding carboxylic acids is 2. The van der Waals surface area contributed by atoms with Crippen LogP contribution in [-0.2, 0) is 38.3 Å². The fraction of sp³-hybridized carbons (Fsp3) is 0.333.